The molecule has 0 bridgehead atoms. The summed E-state index contributed by atoms with van der Waals surface area (Å²) in [5.74, 6) is -1.29. The van der Waals surface area contributed by atoms with Crippen LogP contribution in [0.3, 0.4) is 0 Å². The van der Waals surface area contributed by atoms with Crippen LogP contribution >= 0.6 is 0 Å². The SMILES string of the molecule is CC(=O)OC/C(C)=C\Cc1cc(/C=C/C(=O)O)cc(C/C=C(/C)CO)c1O. The number of esters is 1. The number of carboxylic acid groups (broad SMARTS) is 1. The largest absolute Gasteiger partial charge is 0.507 e. The van der Waals surface area contributed by atoms with Gasteiger partial charge in [-0.05, 0) is 67.2 Å². The molecule has 6 nitrogen and oxygen atoms in total. The lowest BCUT2D eigenvalue weighted by Gasteiger charge is -2.11. The number of hydrogen-bond donors (Lipinski definition) is 3. The van der Waals surface area contributed by atoms with Crippen molar-refractivity contribution < 1.29 is 29.6 Å². The van der Waals surface area contributed by atoms with E-state index < -0.39 is 5.97 Å². The first-order valence-electron chi connectivity index (χ1n) is 8.54. The van der Waals surface area contributed by atoms with Gasteiger partial charge in [-0.3, -0.25) is 4.79 Å². The van der Waals surface area contributed by atoms with Gasteiger partial charge in [0.2, 0.25) is 0 Å². The first-order valence-corrected chi connectivity index (χ1v) is 8.54. The number of ether oxygens (including phenoxy) is 1. The molecule has 0 unspecified atom stereocenters. The predicted molar refractivity (Wildman–Crippen MR) is 103 cm³/mol. The van der Waals surface area contributed by atoms with Crippen molar-refractivity contribution in [1.29, 1.82) is 0 Å². The number of allylic oxidation sites excluding steroid dienone is 2. The predicted octanol–water partition coefficient (Wildman–Crippen LogP) is 3.02. The maximum Gasteiger partial charge on any atom is 0.328 e. The first-order chi connectivity index (χ1) is 12.7. The van der Waals surface area contributed by atoms with E-state index in [0.717, 1.165) is 17.2 Å². The van der Waals surface area contributed by atoms with Gasteiger partial charge in [0.25, 0.3) is 0 Å². The van der Waals surface area contributed by atoms with Gasteiger partial charge in [-0.1, -0.05) is 17.7 Å². The zero-order chi connectivity index (χ0) is 20.4. The van der Waals surface area contributed by atoms with Crippen molar-refractivity contribution in [2.24, 2.45) is 0 Å². The van der Waals surface area contributed by atoms with Crippen molar-refractivity contribution >= 4 is 18.0 Å². The minimum atomic E-state index is -1.06. The van der Waals surface area contributed by atoms with E-state index in [0.29, 0.717) is 29.5 Å². The number of carboxylic acids is 1. The van der Waals surface area contributed by atoms with Crippen LogP contribution in [0.15, 0.2) is 41.5 Å². The maximum atomic E-state index is 10.9. The topological polar surface area (TPSA) is 104 Å². The third kappa shape index (κ3) is 8.37. The second-order valence-corrected chi connectivity index (χ2v) is 6.31. The number of benzene rings is 1. The molecule has 0 saturated heterocycles. The van der Waals surface area contributed by atoms with Gasteiger partial charge in [0.05, 0.1) is 6.61 Å². The molecule has 146 valence electrons. The minimum absolute atomic E-state index is 0.0652. The van der Waals surface area contributed by atoms with Gasteiger partial charge in [0, 0.05) is 13.0 Å². The van der Waals surface area contributed by atoms with E-state index in [1.54, 1.807) is 19.1 Å². The highest BCUT2D eigenvalue weighted by atomic mass is 16.5. The zero-order valence-electron chi connectivity index (χ0n) is 15.9. The summed E-state index contributed by atoms with van der Waals surface area (Å²) in [6, 6.07) is 3.44. The summed E-state index contributed by atoms with van der Waals surface area (Å²) in [7, 11) is 0. The van der Waals surface area contributed by atoms with Gasteiger partial charge < -0.3 is 20.1 Å². The fourth-order valence-electron chi connectivity index (χ4n) is 2.27. The van der Waals surface area contributed by atoms with Crippen LogP contribution in [-0.4, -0.2) is 40.5 Å². The standard InChI is InChI=1S/C21H26O6/c1-14(12-22)4-7-18-10-17(6-9-20(24)25)11-19(21(18)26)8-5-15(2)13-27-16(3)23/h4-6,9-11,22,26H,7-8,12-13H2,1-3H3,(H,24,25)/b9-6+,14-4-,15-5-. The number of phenols is 1. The lowest BCUT2D eigenvalue weighted by atomic mass is 9.98. The first kappa shape index (κ1) is 22.2. The molecule has 1 aromatic carbocycles. The van der Waals surface area contributed by atoms with E-state index in [2.05, 4.69) is 0 Å². The molecule has 0 aliphatic heterocycles. The average Bonchev–Trinajstić information content (AvgIpc) is 2.62. The molecule has 0 atom stereocenters. The molecule has 0 radical (unpaired) electrons. The molecule has 0 fully saturated rings. The average molecular weight is 374 g/mol. The molecule has 1 aromatic rings. The molecule has 27 heavy (non-hydrogen) atoms. The van der Waals surface area contributed by atoms with Crippen LogP contribution in [0.5, 0.6) is 5.75 Å². The lowest BCUT2D eigenvalue weighted by molar-refractivity contribution is -0.140. The lowest BCUT2D eigenvalue weighted by Crippen LogP contribution is -2.02. The van der Waals surface area contributed by atoms with Crippen molar-refractivity contribution in [2.75, 3.05) is 13.2 Å². The van der Waals surface area contributed by atoms with E-state index in [9.17, 15) is 14.7 Å². The van der Waals surface area contributed by atoms with Crippen LogP contribution in [0.1, 0.15) is 37.5 Å². The number of aliphatic hydroxyl groups excluding tert-OH is 1. The molecule has 0 spiro atoms. The van der Waals surface area contributed by atoms with Gasteiger partial charge in [-0.25, -0.2) is 4.79 Å². The van der Waals surface area contributed by atoms with E-state index in [1.165, 1.54) is 13.0 Å². The van der Waals surface area contributed by atoms with Gasteiger partial charge in [0.15, 0.2) is 0 Å². The Bertz CT molecular complexity index is 771. The number of carbonyl (C=O) groups excluding carboxylic acids is 1. The Hall–Kier alpha value is -2.86. The fourth-order valence-corrected chi connectivity index (χ4v) is 2.27. The van der Waals surface area contributed by atoms with Crippen LogP contribution in [0.4, 0.5) is 0 Å². The monoisotopic (exact) mass is 374 g/mol. The second kappa shape index (κ2) is 11.0. The quantitative estimate of drug-likeness (QED) is 0.349. The van der Waals surface area contributed by atoms with Crippen molar-refractivity contribution in [2.45, 2.75) is 33.6 Å². The van der Waals surface area contributed by atoms with E-state index >= 15 is 0 Å². The van der Waals surface area contributed by atoms with Crippen LogP contribution in [0.2, 0.25) is 0 Å². The number of hydrogen-bond acceptors (Lipinski definition) is 5. The molecule has 0 aliphatic carbocycles. The molecule has 0 saturated carbocycles. The molecular formula is C21H26O6. The van der Waals surface area contributed by atoms with Gasteiger partial charge in [-0.2, -0.15) is 0 Å². The Morgan fingerprint density at radius 3 is 2.07 bits per heavy atom. The molecule has 0 aromatic heterocycles. The van der Waals surface area contributed by atoms with Crippen LogP contribution < -0.4 is 0 Å². The van der Waals surface area contributed by atoms with E-state index in [-0.39, 0.29) is 24.9 Å². The molecule has 6 heteroatoms. The number of aliphatic carboxylic acids is 1. The Morgan fingerprint density at radius 1 is 1.04 bits per heavy atom. The third-order valence-electron chi connectivity index (χ3n) is 3.80. The Labute approximate surface area is 159 Å². The Morgan fingerprint density at radius 2 is 1.59 bits per heavy atom. The van der Waals surface area contributed by atoms with E-state index in [4.69, 9.17) is 14.9 Å². The molecule has 0 aliphatic rings. The number of aliphatic hydroxyl groups is 1. The summed E-state index contributed by atoms with van der Waals surface area (Å²) in [6.45, 7) is 5.06. The fraction of sp³-hybridized carbons (Fsp3) is 0.333. The summed E-state index contributed by atoms with van der Waals surface area (Å²) in [4.78, 5) is 21.7. The van der Waals surface area contributed by atoms with Crippen molar-refractivity contribution in [3.63, 3.8) is 0 Å². The summed E-state index contributed by atoms with van der Waals surface area (Å²) in [6.07, 6.45) is 6.98. The summed E-state index contributed by atoms with van der Waals surface area (Å²) in [5, 5.41) is 28.5. The second-order valence-electron chi connectivity index (χ2n) is 6.31. The maximum absolute atomic E-state index is 10.9. The van der Waals surface area contributed by atoms with Crippen molar-refractivity contribution in [3.05, 3.63) is 58.2 Å². The van der Waals surface area contributed by atoms with Gasteiger partial charge in [-0.15, -0.1) is 0 Å². The van der Waals surface area contributed by atoms with Crippen molar-refractivity contribution in [3.8, 4) is 5.75 Å². The highest BCUT2D eigenvalue weighted by Crippen LogP contribution is 2.27. The molecule has 0 amide bonds. The van der Waals surface area contributed by atoms with Crippen LogP contribution in [-0.2, 0) is 27.2 Å². The number of rotatable bonds is 9. The van der Waals surface area contributed by atoms with Gasteiger partial charge in [0.1, 0.15) is 12.4 Å². The van der Waals surface area contributed by atoms with Crippen LogP contribution in [0, 0.1) is 0 Å². The Balaban J connectivity index is 3.15. The zero-order valence-corrected chi connectivity index (χ0v) is 15.9. The van der Waals surface area contributed by atoms with E-state index in [1.807, 2.05) is 19.1 Å². The molecule has 3 N–H and O–H groups in total. The Kier molecular flexibility index (Phi) is 9.02. The molecular weight excluding hydrogens is 348 g/mol. The van der Waals surface area contributed by atoms with Crippen LogP contribution in [0.25, 0.3) is 6.08 Å². The third-order valence-corrected chi connectivity index (χ3v) is 3.80. The summed E-state index contributed by atoms with van der Waals surface area (Å²) >= 11 is 0. The highest BCUT2D eigenvalue weighted by molar-refractivity contribution is 5.85. The normalized spacial score (nSPS) is 12.4. The van der Waals surface area contributed by atoms with Crippen molar-refractivity contribution in [1.82, 2.24) is 0 Å². The number of phenolic OH excluding ortho intramolecular Hbond substituents is 1. The number of carbonyl (C=O) groups is 2. The summed E-state index contributed by atoms with van der Waals surface area (Å²) in [5.41, 5.74) is 3.54. The van der Waals surface area contributed by atoms with Gasteiger partial charge >= 0.3 is 11.9 Å². The minimum Gasteiger partial charge on any atom is -0.507 e. The highest BCUT2D eigenvalue weighted by Gasteiger charge is 2.09. The summed E-state index contributed by atoms with van der Waals surface area (Å²) < 4.78 is 4.93. The molecule has 0 heterocycles. The number of aromatic hydroxyl groups is 1. The smallest absolute Gasteiger partial charge is 0.328 e. The molecule has 1 rings (SSSR count).